The molecule has 0 saturated heterocycles. The normalized spacial score (nSPS) is 13.9. The molecule has 1 aromatic carbocycles. The molecule has 0 radical (unpaired) electrons. The van der Waals surface area contributed by atoms with Gasteiger partial charge in [0.15, 0.2) is 0 Å². The van der Waals surface area contributed by atoms with E-state index in [1.807, 2.05) is 11.0 Å². The van der Waals surface area contributed by atoms with Crippen LogP contribution in [-0.2, 0) is 22.5 Å². The Kier molecular flexibility index (Phi) is 8.33. The zero-order chi connectivity index (χ0) is 24.9. The molecule has 1 N–H and O–H groups in total. The van der Waals surface area contributed by atoms with Gasteiger partial charge in [-0.1, -0.05) is 17.7 Å². The van der Waals surface area contributed by atoms with Crippen molar-refractivity contribution in [2.24, 2.45) is 0 Å². The molecule has 4 rings (SSSR count). The maximum absolute atomic E-state index is 13.5. The van der Waals surface area contributed by atoms with Crippen LogP contribution in [0.5, 0.6) is 0 Å². The second-order valence-corrected chi connectivity index (χ2v) is 10.1. The summed E-state index contributed by atoms with van der Waals surface area (Å²) in [5.74, 6) is 0.192. The third kappa shape index (κ3) is 5.98. The lowest BCUT2D eigenvalue weighted by Gasteiger charge is -2.27. The highest BCUT2D eigenvalue weighted by Crippen LogP contribution is 2.38. The second kappa shape index (κ2) is 11.4. The molecule has 0 atom stereocenters. The first kappa shape index (κ1) is 25.5. The van der Waals surface area contributed by atoms with Gasteiger partial charge in [0.25, 0.3) is 0 Å². The van der Waals surface area contributed by atoms with Gasteiger partial charge in [0.05, 0.1) is 23.6 Å². The SMILES string of the molecule is COCCN(C/C=C/C(=O)N1CCc2c(sc3ncnc(Nc4ccc(F)c(Cl)c4)c23)C1)C(C)C. The number of methoxy groups -OCH3 is 1. The van der Waals surface area contributed by atoms with E-state index in [1.54, 1.807) is 30.6 Å². The van der Waals surface area contributed by atoms with E-state index < -0.39 is 5.82 Å². The van der Waals surface area contributed by atoms with Crippen LogP contribution in [0.4, 0.5) is 15.9 Å². The number of halogens is 2. The molecule has 0 bridgehead atoms. The Morgan fingerprint density at radius 2 is 2.23 bits per heavy atom. The molecular weight excluding hydrogens is 489 g/mol. The minimum atomic E-state index is -0.469. The topological polar surface area (TPSA) is 70.6 Å². The van der Waals surface area contributed by atoms with E-state index in [0.29, 0.717) is 50.2 Å². The number of rotatable bonds is 9. The minimum Gasteiger partial charge on any atom is -0.383 e. The molecule has 3 aromatic rings. The highest BCUT2D eigenvalue weighted by atomic mass is 35.5. The number of fused-ring (bicyclic) bond motifs is 3. The first-order valence-corrected chi connectivity index (χ1v) is 12.7. The van der Waals surface area contributed by atoms with Crippen molar-refractivity contribution in [1.29, 1.82) is 0 Å². The third-order valence-electron chi connectivity index (χ3n) is 6.04. The smallest absolute Gasteiger partial charge is 0.246 e. The molecule has 1 aliphatic rings. The predicted molar refractivity (Wildman–Crippen MR) is 139 cm³/mol. The van der Waals surface area contributed by atoms with Crippen LogP contribution in [0.1, 0.15) is 24.3 Å². The average Bonchev–Trinajstić information content (AvgIpc) is 3.22. The van der Waals surface area contributed by atoms with Crippen molar-refractivity contribution < 1.29 is 13.9 Å². The number of nitrogens with zero attached hydrogens (tertiary/aromatic N) is 4. The largest absolute Gasteiger partial charge is 0.383 e. The molecule has 10 heteroatoms. The lowest BCUT2D eigenvalue weighted by Crippen LogP contribution is -2.35. The molecule has 1 amide bonds. The van der Waals surface area contributed by atoms with Crippen molar-refractivity contribution in [3.8, 4) is 0 Å². The van der Waals surface area contributed by atoms with Crippen molar-refractivity contribution in [1.82, 2.24) is 19.8 Å². The number of benzene rings is 1. The van der Waals surface area contributed by atoms with E-state index in [-0.39, 0.29) is 10.9 Å². The fourth-order valence-electron chi connectivity index (χ4n) is 4.08. The van der Waals surface area contributed by atoms with Gasteiger partial charge in [0.1, 0.15) is 22.8 Å². The number of carbonyl (C=O) groups is 1. The molecule has 3 heterocycles. The van der Waals surface area contributed by atoms with Gasteiger partial charge in [-0.2, -0.15) is 0 Å². The van der Waals surface area contributed by atoms with E-state index >= 15 is 0 Å². The van der Waals surface area contributed by atoms with E-state index in [9.17, 15) is 9.18 Å². The highest BCUT2D eigenvalue weighted by molar-refractivity contribution is 7.19. The lowest BCUT2D eigenvalue weighted by atomic mass is 10.0. The fraction of sp³-hybridized carbons (Fsp3) is 0.400. The van der Waals surface area contributed by atoms with Crippen LogP contribution in [0.3, 0.4) is 0 Å². The molecule has 0 saturated carbocycles. The van der Waals surface area contributed by atoms with Gasteiger partial charge < -0.3 is 15.0 Å². The Labute approximate surface area is 213 Å². The number of nitrogens with one attached hydrogen (secondary N) is 1. The van der Waals surface area contributed by atoms with E-state index in [1.165, 1.54) is 18.5 Å². The summed E-state index contributed by atoms with van der Waals surface area (Å²) in [7, 11) is 1.69. The van der Waals surface area contributed by atoms with Gasteiger partial charge in [-0.15, -0.1) is 11.3 Å². The number of aromatic nitrogens is 2. The van der Waals surface area contributed by atoms with Gasteiger partial charge in [-0.3, -0.25) is 9.69 Å². The van der Waals surface area contributed by atoms with Gasteiger partial charge in [-0.25, -0.2) is 14.4 Å². The maximum atomic E-state index is 13.5. The van der Waals surface area contributed by atoms with Gasteiger partial charge >= 0.3 is 0 Å². The first-order chi connectivity index (χ1) is 16.9. The first-order valence-electron chi connectivity index (χ1n) is 11.5. The lowest BCUT2D eigenvalue weighted by molar-refractivity contribution is -0.126. The zero-order valence-electron chi connectivity index (χ0n) is 20.1. The van der Waals surface area contributed by atoms with Crippen LogP contribution in [0.2, 0.25) is 5.02 Å². The summed E-state index contributed by atoms with van der Waals surface area (Å²) in [6.07, 6.45) is 5.83. The van der Waals surface area contributed by atoms with Crippen molar-refractivity contribution in [2.45, 2.75) is 32.9 Å². The highest BCUT2D eigenvalue weighted by Gasteiger charge is 2.25. The van der Waals surface area contributed by atoms with Crippen LogP contribution < -0.4 is 5.32 Å². The predicted octanol–water partition coefficient (Wildman–Crippen LogP) is 5.03. The Hall–Kier alpha value is -2.59. The standard InChI is InChI=1S/C25H29ClFN5O2S/c1-16(2)31(11-12-34-3)9-4-5-22(33)32-10-8-18-21(14-32)35-25-23(18)24(28-15-29-25)30-17-6-7-20(27)19(26)13-17/h4-7,13,15-16H,8-12,14H2,1-3H3,(H,28,29,30)/b5-4+. The molecular formula is C25H29ClFN5O2S. The average molecular weight is 518 g/mol. The number of thiophene rings is 1. The molecule has 1 aliphatic heterocycles. The number of anilines is 2. The summed E-state index contributed by atoms with van der Waals surface area (Å²) >= 11 is 7.51. The van der Waals surface area contributed by atoms with Gasteiger partial charge in [0, 0.05) is 49.4 Å². The van der Waals surface area contributed by atoms with Crippen LogP contribution in [-0.4, -0.2) is 65.1 Å². The summed E-state index contributed by atoms with van der Waals surface area (Å²) < 4.78 is 18.7. The Balaban J connectivity index is 1.47. The molecule has 0 unspecified atom stereocenters. The third-order valence-corrected chi connectivity index (χ3v) is 7.46. The van der Waals surface area contributed by atoms with E-state index in [4.69, 9.17) is 16.3 Å². The number of hydrogen-bond donors (Lipinski definition) is 1. The minimum absolute atomic E-state index is 0.00828. The van der Waals surface area contributed by atoms with E-state index in [2.05, 4.69) is 34.0 Å². The summed E-state index contributed by atoms with van der Waals surface area (Å²) in [4.78, 5) is 27.8. The number of hydrogen-bond acceptors (Lipinski definition) is 7. The summed E-state index contributed by atoms with van der Waals surface area (Å²) in [5, 5.41) is 4.24. The zero-order valence-corrected chi connectivity index (χ0v) is 21.6. The van der Waals surface area contributed by atoms with Crippen LogP contribution in [0.25, 0.3) is 10.2 Å². The summed E-state index contributed by atoms with van der Waals surface area (Å²) in [5.41, 5.74) is 1.80. The Bertz CT molecular complexity index is 1230. The number of carbonyl (C=O) groups excluding carboxylic acids is 1. The monoisotopic (exact) mass is 517 g/mol. The molecule has 35 heavy (non-hydrogen) atoms. The molecule has 0 fully saturated rings. The van der Waals surface area contributed by atoms with Crippen LogP contribution in [0.15, 0.2) is 36.7 Å². The summed E-state index contributed by atoms with van der Waals surface area (Å²) in [6, 6.07) is 4.85. The molecule has 186 valence electrons. The second-order valence-electron chi connectivity index (χ2n) is 8.65. The molecule has 0 spiro atoms. The van der Waals surface area contributed by atoms with Crippen LogP contribution >= 0.6 is 22.9 Å². The summed E-state index contributed by atoms with van der Waals surface area (Å²) in [6.45, 7) is 7.62. The van der Waals surface area contributed by atoms with Crippen LogP contribution in [0, 0.1) is 5.82 Å². The van der Waals surface area contributed by atoms with Crippen molar-refractivity contribution in [2.75, 3.05) is 38.7 Å². The Morgan fingerprint density at radius 1 is 1.40 bits per heavy atom. The van der Waals surface area contributed by atoms with E-state index in [0.717, 1.165) is 27.2 Å². The molecule has 2 aromatic heterocycles. The van der Waals surface area contributed by atoms with Crippen molar-refractivity contribution in [3.63, 3.8) is 0 Å². The van der Waals surface area contributed by atoms with Gasteiger partial charge in [0.2, 0.25) is 5.91 Å². The Morgan fingerprint density at radius 3 is 2.97 bits per heavy atom. The molecule has 0 aliphatic carbocycles. The van der Waals surface area contributed by atoms with Crippen molar-refractivity contribution in [3.05, 3.63) is 58.0 Å². The maximum Gasteiger partial charge on any atom is 0.246 e. The fourth-order valence-corrected chi connectivity index (χ4v) is 5.47. The number of amides is 1. The number of ether oxygens (including phenoxy) is 1. The van der Waals surface area contributed by atoms with Crippen molar-refractivity contribution >= 4 is 50.6 Å². The molecule has 7 nitrogen and oxygen atoms in total. The van der Waals surface area contributed by atoms with Gasteiger partial charge in [-0.05, 0) is 44.0 Å². The quantitative estimate of drug-likeness (QED) is 0.402.